The first-order chi connectivity index (χ1) is 13.3. The number of carbonyl (C=O) groups excluding carboxylic acids is 2. The predicted octanol–water partition coefficient (Wildman–Crippen LogP) is 2.53. The fourth-order valence-electron chi connectivity index (χ4n) is 3.25. The molecule has 0 radical (unpaired) electrons. The zero-order valence-electron chi connectivity index (χ0n) is 15.5. The van der Waals surface area contributed by atoms with E-state index in [1.165, 1.54) is 17.0 Å². The molecular weight excluding hydrogens is 365 g/mol. The Morgan fingerprint density at radius 3 is 2.43 bits per heavy atom. The van der Waals surface area contributed by atoms with Crippen molar-refractivity contribution >= 4 is 23.6 Å². The largest absolute Gasteiger partial charge is 0.479 e. The monoisotopic (exact) mass is 385 g/mol. The fraction of sp³-hybridized carbons (Fsp3) is 0.250. The van der Waals surface area contributed by atoms with Crippen molar-refractivity contribution in [1.29, 1.82) is 0 Å². The van der Waals surface area contributed by atoms with Gasteiger partial charge in [-0.15, -0.1) is 0 Å². The van der Waals surface area contributed by atoms with E-state index in [1.54, 1.807) is 12.1 Å². The Hall–Kier alpha value is -3.42. The van der Waals surface area contributed by atoms with E-state index in [0.29, 0.717) is 24.3 Å². The summed E-state index contributed by atoms with van der Waals surface area (Å²) in [6.45, 7) is 4.49. The molecule has 0 aliphatic carbocycles. The molecule has 0 aromatic heterocycles. The summed E-state index contributed by atoms with van der Waals surface area (Å²) < 4.78 is 14.3. The Morgan fingerprint density at radius 2 is 1.86 bits per heavy atom. The molecule has 1 aliphatic rings. The highest BCUT2D eigenvalue weighted by Gasteiger charge is 2.27. The van der Waals surface area contributed by atoms with Gasteiger partial charge in [0.1, 0.15) is 5.82 Å². The van der Waals surface area contributed by atoms with Gasteiger partial charge in [0.05, 0.1) is 5.56 Å². The Balaban J connectivity index is 1.90. The van der Waals surface area contributed by atoms with Gasteiger partial charge < -0.3 is 15.7 Å². The van der Waals surface area contributed by atoms with Crippen molar-refractivity contribution in [1.82, 2.24) is 10.6 Å². The van der Waals surface area contributed by atoms with Crippen molar-refractivity contribution in [3.8, 4) is 0 Å². The number of carbonyl (C=O) groups is 3. The number of hydrogen-bond donors (Lipinski definition) is 3. The molecule has 1 fully saturated rings. The molecule has 1 saturated heterocycles. The highest BCUT2D eigenvalue weighted by atomic mass is 19.1. The zero-order chi connectivity index (χ0) is 20.4. The van der Waals surface area contributed by atoms with Crippen LogP contribution >= 0.6 is 0 Å². The van der Waals surface area contributed by atoms with E-state index in [-0.39, 0.29) is 11.6 Å². The minimum Gasteiger partial charge on any atom is -0.479 e. The van der Waals surface area contributed by atoms with Crippen molar-refractivity contribution in [2.75, 3.05) is 18.0 Å². The van der Waals surface area contributed by atoms with Gasteiger partial charge >= 0.3 is 12.0 Å². The number of carboxylic acid groups (broad SMARTS) is 1. The molecule has 1 unspecified atom stereocenters. The van der Waals surface area contributed by atoms with Gasteiger partial charge in [-0.1, -0.05) is 29.3 Å². The minimum absolute atomic E-state index is 0.326. The summed E-state index contributed by atoms with van der Waals surface area (Å²) in [6, 6.07) is 7.27. The molecule has 3 rings (SSSR count). The third-order valence-corrected chi connectivity index (χ3v) is 4.46. The SMILES string of the molecule is Cc1cc(C)cc(C(NC(=O)c2cc(N3CCNC3=O)ccc2F)C(=O)O)c1. The van der Waals surface area contributed by atoms with Crippen LogP contribution in [0, 0.1) is 19.7 Å². The number of rotatable bonds is 5. The van der Waals surface area contributed by atoms with Crippen molar-refractivity contribution in [2.45, 2.75) is 19.9 Å². The number of nitrogens with zero attached hydrogens (tertiary/aromatic N) is 1. The van der Waals surface area contributed by atoms with Gasteiger partial charge in [0.15, 0.2) is 6.04 Å². The summed E-state index contributed by atoms with van der Waals surface area (Å²) >= 11 is 0. The molecular formula is C20H20FN3O4. The molecule has 1 aliphatic heterocycles. The van der Waals surface area contributed by atoms with Crippen molar-refractivity contribution in [3.63, 3.8) is 0 Å². The number of anilines is 1. The minimum atomic E-state index is -1.33. The van der Waals surface area contributed by atoms with Crippen LogP contribution in [0.3, 0.4) is 0 Å². The van der Waals surface area contributed by atoms with Crippen molar-refractivity contribution in [2.24, 2.45) is 0 Å². The third kappa shape index (κ3) is 3.95. The van der Waals surface area contributed by atoms with E-state index in [4.69, 9.17) is 0 Å². The summed E-state index contributed by atoms with van der Waals surface area (Å²) in [5, 5.41) is 14.6. The van der Waals surface area contributed by atoms with Crippen LogP contribution in [-0.2, 0) is 4.79 Å². The summed E-state index contributed by atoms with van der Waals surface area (Å²) in [4.78, 5) is 37.5. The molecule has 7 nitrogen and oxygen atoms in total. The normalized spacial score (nSPS) is 14.5. The number of aliphatic carboxylic acids is 1. The van der Waals surface area contributed by atoms with Crippen LogP contribution in [0.25, 0.3) is 0 Å². The smallest absolute Gasteiger partial charge is 0.330 e. The lowest BCUT2D eigenvalue weighted by Gasteiger charge is -2.18. The Labute approximate surface area is 161 Å². The van der Waals surface area contributed by atoms with Gasteiger partial charge in [-0.05, 0) is 37.6 Å². The molecule has 0 saturated carbocycles. The van der Waals surface area contributed by atoms with Gasteiger partial charge in [0, 0.05) is 18.8 Å². The second kappa shape index (κ2) is 7.67. The maximum atomic E-state index is 14.3. The third-order valence-electron chi connectivity index (χ3n) is 4.46. The lowest BCUT2D eigenvalue weighted by molar-refractivity contribution is -0.139. The average Bonchev–Trinajstić information content (AvgIpc) is 3.04. The molecule has 2 aromatic carbocycles. The van der Waals surface area contributed by atoms with E-state index < -0.39 is 23.7 Å². The molecule has 1 atom stereocenters. The van der Waals surface area contributed by atoms with E-state index in [2.05, 4.69) is 10.6 Å². The van der Waals surface area contributed by atoms with Gasteiger partial charge in [0.25, 0.3) is 5.91 Å². The standard InChI is InChI=1S/C20H20FN3O4/c1-11-7-12(2)9-13(8-11)17(19(26)27)23-18(25)15-10-14(3-4-16(15)21)24-6-5-22-20(24)28/h3-4,7-10,17H,5-6H2,1-2H3,(H,22,28)(H,23,25)(H,26,27). The van der Waals surface area contributed by atoms with Crippen LogP contribution in [0.15, 0.2) is 36.4 Å². The number of hydrogen-bond acceptors (Lipinski definition) is 3. The first-order valence-electron chi connectivity index (χ1n) is 8.73. The van der Waals surface area contributed by atoms with Crippen LogP contribution in [0.1, 0.15) is 33.1 Å². The number of amides is 3. The molecule has 1 heterocycles. The van der Waals surface area contributed by atoms with Crippen LogP contribution in [0.5, 0.6) is 0 Å². The van der Waals surface area contributed by atoms with Gasteiger partial charge in [-0.3, -0.25) is 9.69 Å². The number of urea groups is 1. The average molecular weight is 385 g/mol. The molecule has 3 amide bonds. The lowest BCUT2D eigenvalue weighted by Crippen LogP contribution is -2.34. The molecule has 2 aromatic rings. The molecule has 8 heteroatoms. The van der Waals surface area contributed by atoms with Gasteiger partial charge in [-0.25, -0.2) is 14.0 Å². The van der Waals surface area contributed by atoms with Gasteiger partial charge in [0.2, 0.25) is 0 Å². The molecule has 3 N–H and O–H groups in total. The van der Waals surface area contributed by atoms with Crippen molar-refractivity contribution < 1.29 is 23.9 Å². The first kappa shape index (κ1) is 19.3. The zero-order valence-corrected chi connectivity index (χ0v) is 15.5. The van der Waals surface area contributed by atoms with E-state index in [9.17, 15) is 23.9 Å². The van der Waals surface area contributed by atoms with E-state index in [0.717, 1.165) is 17.2 Å². The molecule has 146 valence electrons. The van der Waals surface area contributed by atoms with Crippen molar-refractivity contribution in [3.05, 3.63) is 64.5 Å². The Kier molecular flexibility index (Phi) is 5.30. The first-order valence-corrected chi connectivity index (χ1v) is 8.73. The quantitative estimate of drug-likeness (QED) is 0.737. The molecule has 0 bridgehead atoms. The second-order valence-electron chi connectivity index (χ2n) is 6.71. The highest BCUT2D eigenvalue weighted by Crippen LogP contribution is 2.23. The number of halogens is 1. The number of aryl methyl sites for hydroxylation is 2. The Morgan fingerprint density at radius 1 is 1.18 bits per heavy atom. The van der Waals surface area contributed by atoms with Gasteiger partial charge in [-0.2, -0.15) is 0 Å². The van der Waals surface area contributed by atoms with E-state index >= 15 is 0 Å². The summed E-state index contributed by atoms with van der Waals surface area (Å²) in [6.07, 6.45) is 0. The van der Waals surface area contributed by atoms with Crippen LogP contribution in [0.2, 0.25) is 0 Å². The number of nitrogens with one attached hydrogen (secondary N) is 2. The topological polar surface area (TPSA) is 98.7 Å². The van der Waals surface area contributed by atoms with Crippen LogP contribution in [-0.4, -0.2) is 36.1 Å². The summed E-state index contributed by atoms with van der Waals surface area (Å²) in [5.41, 5.74) is 2.13. The number of carboxylic acids is 1. The molecule has 0 spiro atoms. The fourth-order valence-corrected chi connectivity index (χ4v) is 3.25. The lowest BCUT2D eigenvalue weighted by atomic mass is 10.0. The van der Waals surface area contributed by atoms with E-state index in [1.807, 2.05) is 19.9 Å². The Bertz CT molecular complexity index is 940. The summed E-state index contributed by atoms with van der Waals surface area (Å²) in [7, 11) is 0. The highest BCUT2D eigenvalue weighted by molar-refractivity contribution is 6.00. The predicted molar refractivity (Wildman–Crippen MR) is 101 cm³/mol. The number of benzene rings is 2. The second-order valence-corrected chi connectivity index (χ2v) is 6.71. The van der Waals surface area contributed by atoms with Crippen LogP contribution in [0.4, 0.5) is 14.9 Å². The molecule has 28 heavy (non-hydrogen) atoms. The van der Waals surface area contributed by atoms with Crippen LogP contribution < -0.4 is 15.5 Å². The maximum absolute atomic E-state index is 14.3. The summed E-state index contributed by atoms with van der Waals surface area (Å²) in [5.74, 6) is -2.93. The maximum Gasteiger partial charge on any atom is 0.330 e.